The smallest absolute Gasteiger partial charge is 0.330 e. The molecule has 0 bridgehead atoms. The first-order chi connectivity index (χ1) is 15.5. The van der Waals surface area contributed by atoms with Gasteiger partial charge in [0, 0.05) is 37.4 Å². The molecule has 7 heteroatoms. The molecule has 6 nitrogen and oxygen atoms in total. The van der Waals surface area contributed by atoms with Gasteiger partial charge in [-0.1, -0.05) is 19.1 Å². The molecule has 1 aromatic heterocycles. The summed E-state index contributed by atoms with van der Waals surface area (Å²) < 4.78 is 22.3. The van der Waals surface area contributed by atoms with Crippen molar-refractivity contribution in [2.24, 2.45) is 13.0 Å². The molecule has 0 aliphatic heterocycles. The molecule has 1 atom stereocenters. The fourth-order valence-corrected chi connectivity index (χ4v) is 4.35. The largest absolute Gasteiger partial charge is 0.498 e. The minimum atomic E-state index is -0.337. The normalized spacial score (nSPS) is 16.5. The summed E-state index contributed by atoms with van der Waals surface area (Å²) in [6.07, 6.45) is 6.49. The Bertz CT molecular complexity index is 1050. The van der Waals surface area contributed by atoms with Gasteiger partial charge in [0.2, 0.25) is 0 Å². The van der Waals surface area contributed by atoms with Crippen LogP contribution in [0.25, 0.3) is 0 Å². The fraction of sp³-hybridized carbons (Fsp3) is 0.520. The second-order valence-corrected chi connectivity index (χ2v) is 8.36. The molecule has 1 N–H and O–H groups in total. The van der Waals surface area contributed by atoms with E-state index in [1.165, 1.54) is 16.7 Å². The van der Waals surface area contributed by atoms with E-state index in [4.69, 9.17) is 9.84 Å². The predicted molar refractivity (Wildman–Crippen MR) is 122 cm³/mol. The third-order valence-electron chi connectivity index (χ3n) is 6.05. The molecule has 0 spiro atoms. The summed E-state index contributed by atoms with van der Waals surface area (Å²) in [4.78, 5) is 26.0. The van der Waals surface area contributed by atoms with Crippen LogP contribution in [0.1, 0.15) is 49.4 Å². The molecule has 1 aliphatic rings. The van der Waals surface area contributed by atoms with Crippen LogP contribution in [0.3, 0.4) is 0 Å². The van der Waals surface area contributed by atoms with E-state index in [0.29, 0.717) is 50.7 Å². The Morgan fingerprint density at radius 3 is 2.62 bits per heavy atom. The molecule has 0 saturated carbocycles. The molecule has 1 heterocycles. The lowest BCUT2D eigenvalue weighted by Gasteiger charge is -2.21. The minimum Gasteiger partial charge on any atom is -0.498 e. The highest BCUT2D eigenvalue weighted by Gasteiger charge is 2.23. The van der Waals surface area contributed by atoms with Crippen LogP contribution >= 0.6 is 0 Å². The van der Waals surface area contributed by atoms with Crippen LogP contribution in [0.4, 0.5) is 4.39 Å². The van der Waals surface area contributed by atoms with Crippen molar-refractivity contribution in [1.82, 2.24) is 9.13 Å². The lowest BCUT2D eigenvalue weighted by atomic mass is 9.91. The maximum Gasteiger partial charge on any atom is 0.330 e. The van der Waals surface area contributed by atoms with Gasteiger partial charge in [0.05, 0.1) is 12.4 Å². The number of aliphatic hydroxyl groups excluding tert-OH is 1. The molecule has 3 rings (SSSR count). The van der Waals surface area contributed by atoms with E-state index in [0.717, 1.165) is 23.4 Å². The third kappa shape index (κ3) is 5.57. The highest BCUT2D eigenvalue weighted by atomic mass is 19.1. The molecule has 1 aromatic carbocycles. The first-order valence-electron chi connectivity index (χ1n) is 11.5. The Kier molecular flexibility index (Phi) is 8.45. The van der Waals surface area contributed by atoms with Crippen LogP contribution in [0.15, 0.2) is 45.7 Å². The molecule has 174 valence electrons. The number of ether oxygens (including phenoxy) is 1. The van der Waals surface area contributed by atoms with Crippen LogP contribution in [0.5, 0.6) is 0 Å². The summed E-state index contributed by atoms with van der Waals surface area (Å²) in [5.74, 6) is 0.703. The quantitative estimate of drug-likeness (QED) is 0.679. The Morgan fingerprint density at radius 1 is 1.19 bits per heavy atom. The van der Waals surface area contributed by atoms with Crippen molar-refractivity contribution < 1.29 is 14.2 Å². The molecule has 0 saturated heterocycles. The fourth-order valence-electron chi connectivity index (χ4n) is 4.35. The highest BCUT2D eigenvalue weighted by Crippen LogP contribution is 2.27. The molecular weight excluding hydrogens is 411 g/mol. The number of nitrogens with zero attached hydrogens (tertiary/aromatic N) is 2. The summed E-state index contributed by atoms with van der Waals surface area (Å²) in [5.41, 5.74) is 1.86. The lowest BCUT2D eigenvalue weighted by molar-refractivity contribution is 0.172. The van der Waals surface area contributed by atoms with Gasteiger partial charge in [-0.05, 0) is 68.7 Å². The van der Waals surface area contributed by atoms with Crippen molar-refractivity contribution in [2.45, 2.75) is 58.4 Å². The zero-order valence-corrected chi connectivity index (χ0v) is 19.0. The number of halogens is 1. The van der Waals surface area contributed by atoms with Crippen molar-refractivity contribution in [2.75, 3.05) is 13.2 Å². The van der Waals surface area contributed by atoms with Crippen molar-refractivity contribution >= 4 is 0 Å². The second kappa shape index (κ2) is 11.3. The maximum absolute atomic E-state index is 13.4. The SMILES string of the molecule is CCCOC1=CCCc2c(c(=O)n(CCCO)c(=O)n2C)CCC1Cc1ccc(F)cc1. The van der Waals surface area contributed by atoms with E-state index in [1.807, 2.05) is 0 Å². The van der Waals surface area contributed by atoms with E-state index in [2.05, 4.69) is 13.0 Å². The Hall–Kier alpha value is -2.67. The number of hydrogen-bond acceptors (Lipinski definition) is 4. The number of benzene rings is 1. The average molecular weight is 445 g/mol. The molecule has 0 fully saturated rings. The molecule has 0 amide bonds. The number of aliphatic hydroxyl groups is 1. The van der Waals surface area contributed by atoms with Crippen molar-refractivity contribution in [3.05, 3.63) is 79.6 Å². The van der Waals surface area contributed by atoms with E-state index in [-0.39, 0.29) is 36.1 Å². The van der Waals surface area contributed by atoms with E-state index >= 15 is 0 Å². The third-order valence-corrected chi connectivity index (χ3v) is 6.05. The lowest BCUT2D eigenvalue weighted by Crippen LogP contribution is -2.43. The van der Waals surface area contributed by atoms with Crippen molar-refractivity contribution in [1.29, 1.82) is 0 Å². The van der Waals surface area contributed by atoms with Crippen LogP contribution < -0.4 is 11.2 Å². The van der Waals surface area contributed by atoms with Gasteiger partial charge >= 0.3 is 5.69 Å². The van der Waals surface area contributed by atoms with Gasteiger partial charge in [0.25, 0.3) is 5.56 Å². The van der Waals surface area contributed by atoms with Gasteiger partial charge < -0.3 is 14.4 Å². The maximum atomic E-state index is 13.4. The van der Waals surface area contributed by atoms with Gasteiger partial charge in [-0.3, -0.25) is 9.36 Å². The van der Waals surface area contributed by atoms with Crippen molar-refractivity contribution in [3.8, 4) is 0 Å². The van der Waals surface area contributed by atoms with Crippen LogP contribution in [0, 0.1) is 11.7 Å². The second-order valence-electron chi connectivity index (χ2n) is 8.36. The Morgan fingerprint density at radius 2 is 1.94 bits per heavy atom. The topological polar surface area (TPSA) is 73.5 Å². The molecule has 1 aliphatic carbocycles. The number of aromatic nitrogens is 2. The van der Waals surface area contributed by atoms with Crippen molar-refractivity contribution in [3.63, 3.8) is 0 Å². The summed E-state index contributed by atoms with van der Waals surface area (Å²) in [5, 5.41) is 9.16. The number of hydrogen-bond donors (Lipinski definition) is 1. The van der Waals surface area contributed by atoms with E-state index in [9.17, 15) is 14.0 Å². The van der Waals surface area contributed by atoms with E-state index in [1.54, 1.807) is 23.7 Å². The average Bonchev–Trinajstić information content (AvgIpc) is 2.87. The molecule has 2 aromatic rings. The number of allylic oxidation sites excluding steroid dienone is 2. The van der Waals surface area contributed by atoms with Gasteiger partial charge in [0.15, 0.2) is 0 Å². The first-order valence-corrected chi connectivity index (χ1v) is 11.5. The zero-order valence-electron chi connectivity index (χ0n) is 19.0. The van der Waals surface area contributed by atoms with Crippen LogP contribution in [-0.4, -0.2) is 27.5 Å². The molecule has 0 radical (unpaired) electrons. The standard InChI is InChI=1S/C25H33FN2O4/c1-3-16-32-23-7-4-6-22-21(24(30)28(14-5-15-29)25(31)27(22)2)13-10-19(23)17-18-8-11-20(26)12-9-18/h7-9,11-12,19,29H,3-6,10,13-17H2,1-2H3. The summed E-state index contributed by atoms with van der Waals surface area (Å²) in [7, 11) is 1.71. The van der Waals surface area contributed by atoms with Crippen LogP contribution in [-0.2, 0) is 37.6 Å². The van der Waals surface area contributed by atoms with Gasteiger partial charge in [-0.2, -0.15) is 0 Å². The summed E-state index contributed by atoms with van der Waals surface area (Å²) >= 11 is 0. The van der Waals surface area contributed by atoms with Gasteiger partial charge in [-0.25, -0.2) is 9.18 Å². The molecule has 32 heavy (non-hydrogen) atoms. The van der Waals surface area contributed by atoms with Crippen LogP contribution in [0.2, 0.25) is 0 Å². The zero-order chi connectivity index (χ0) is 23.1. The molecule has 1 unspecified atom stereocenters. The number of fused-ring (bicyclic) bond motifs is 1. The minimum absolute atomic E-state index is 0.0560. The van der Waals surface area contributed by atoms with Gasteiger partial charge in [-0.15, -0.1) is 0 Å². The van der Waals surface area contributed by atoms with Gasteiger partial charge in [0.1, 0.15) is 5.82 Å². The summed E-state index contributed by atoms with van der Waals surface area (Å²) in [6, 6.07) is 6.51. The Labute approximate surface area is 188 Å². The molecular formula is C25H33FN2O4. The summed E-state index contributed by atoms with van der Waals surface area (Å²) in [6.45, 7) is 2.81. The highest BCUT2D eigenvalue weighted by molar-refractivity contribution is 5.23. The predicted octanol–water partition coefficient (Wildman–Crippen LogP) is 3.12. The van der Waals surface area contributed by atoms with E-state index < -0.39 is 0 Å². The first kappa shape index (κ1) is 24.0. The Balaban J connectivity index is 1.97. The number of rotatable bonds is 8. The monoisotopic (exact) mass is 444 g/mol.